The zero-order chi connectivity index (χ0) is 38.7. The molecule has 21 nitrogen and oxygen atoms in total. The Kier molecular flexibility index (Phi) is 16.0. The van der Waals surface area contributed by atoms with Crippen molar-refractivity contribution in [3.8, 4) is 0 Å². The predicted molar refractivity (Wildman–Crippen MR) is 179 cm³/mol. The van der Waals surface area contributed by atoms with Gasteiger partial charge in [0.05, 0.1) is 83.6 Å². The van der Waals surface area contributed by atoms with Crippen LogP contribution >= 0.6 is 0 Å². The first-order valence-corrected chi connectivity index (χ1v) is 21.0. The fourth-order valence-electron chi connectivity index (χ4n) is 5.43. The SMILES string of the molecule is C=CCn1c(=O)n(CC2CO2)c(=O)n(CC2CO2)c1=O.CCO[Si](CCCn1c(=O)n(CC2CO2)c(=O)n(CC2CO2)c1=O)(OCC)OCC.[O]=[Pt]=[O]. The van der Waals surface area contributed by atoms with Crippen molar-refractivity contribution in [2.24, 2.45) is 0 Å². The number of hydrogen-bond acceptors (Lipinski definition) is 15. The van der Waals surface area contributed by atoms with Crippen LogP contribution in [-0.2, 0) is 96.8 Å². The summed E-state index contributed by atoms with van der Waals surface area (Å²) in [6, 6.07) is 0.463. The molecule has 0 bridgehead atoms. The van der Waals surface area contributed by atoms with Gasteiger partial charge >= 0.3 is 68.2 Å². The van der Waals surface area contributed by atoms with Crippen molar-refractivity contribution < 1.29 is 57.5 Å². The number of nitrogens with zero attached hydrogens (tertiary/aromatic N) is 6. The summed E-state index contributed by atoms with van der Waals surface area (Å²) in [5, 5.41) is 0. The maximum atomic E-state index is 12.9. The molecule has 0 spiro atoms. The minimum atomic E-state index is -2.89. The third-order valence-corrected chi connectivity index (χ3v) is 11.3. The van der Waals surface area contributed by atoms with E-state index in [0.29, 0.717) is 58.7 Å². The summed E-state index contributed by atoms with van der Waals surface area (Å²) < 4.78 is 61.3. The van der Waals surface area contributed by atoms with Crippen LogP contribution in [0.15, 0.2) is 41.4 Å². The third kappa shape index (κ3) is 11.9. The molecular formula is C30H46N6O15PtSi. The number of ether oxygens (including phenoxy) is 4. The predicted octanol–water partition coefficient (Wildman–Crippen LogP) is -2.68. The van der Waals surface area contributed by atoms with E-state index in [-0.39, 0.29) is 63.7 Å². The fourth-order valence-corrected chi connectivity index (χ4v) is 8.02. The molecule has 0 aromatic carbocycles. The van der Waals surface area contributed by atoms with Crippen molar-refractivity contribution >= 4 is 8.80 Å². The fraction of sp³-hybridized carbons (Fsp3) is 0.733. The van der Waals surface area contributed by atoms with Crippen molar-refractivity contribution in [3.05, 3.63) is 75.6 Å². The first-order valence-electron chi connectivity index (χ1n) is 17.2. The molecule has 6 heterocycles. The Morgan fingerprint density at radius 3 is 1.15 bits per heavy atom. The molecular weight excluding hydrogens is 908 g/mol. The van der Waals surface area contributed by atoms with Gasteiger partial charge in [-0.15, -0.1) is 6.58 Å². The summed E-state index contributed by atoms with van der Waals surface area (Å²) in [6.45, 7) is 13.4. The van der Waals surface area contributed by atoms with Crippen molar-refractivity contribution in [1.82, 2.24) is 27.4 Å². The Labute approximate surface area is 311 Å². The van der Waals surface area contributed by atoms with E-state index < -0.39 is 61.4 Å². The summed E-state index contributed by atoms with van der Waals surface area (Å²) in [6.07, 6.45) is 1.31. The molecule has 2 aromatic rings. The molecule has 4 fully saturated rings. The van der Waals surface area contributed by atoms with E-state index in [9.17, 15) is 28.8 Å². The topological polar surface area (TPSA) is 244 Å². The van der Waals surface area contributed by atoms with Crippen LogP contribution in [0.5, 0.6) is 0 Å². The molecule has 0 radical (unpaired) electrons. The molecule has 6 rings (SSSR count). The average molecular weight is 954 g/mol. The Bertz CT molecular complexity index is 1840. The van der Waals surface area contributed by atoms with E-state index in [1.165, 1.54) is 6.08 Å². The Morgan fingerprint density at radius 1 is 0.604 bits per heavy atom. The molecule has 2 aromatic heterocycles. The quantitative estimate of drug-likeness (QED) is 0.0747. The van der Waals surface area contributed by atoms with Gasteiger partial charge < -0.3 is 32.2 Å². The Balaban J connectivity index is 0.000000235. The zero-order valence-corrected chi connectivity index (χ0v) is 33.1. The van der Waals surface area contributed by atoms with E-state index >= 15 is 0 Å². The van der Waals surface area contributed by atoms with E-state index in [1.807, 2.05) is 20.8 Å². The molecule has 23 heteroatoms. The summed E-state index contributed by atoms with van der Waals surface area (Å²) in [7, 11) is -2.89. The second kappa shape index (κ2) is 19.9. The normalized spacial score (nSPS) is 20.9. The van der Waals surface area contributed by atoms with Crippen LogP contribution in [-0.4, -0.2) is 107 Å². The first-order chi connectivity index (χ1) is 25.5. The van der Waals surface area contributed by atoms with Crippen molar-refractivity contribution in [2.75, 3.05) is 46.2 Å². The summed E-state index contributed by atoms with van der Waals surface area (Å²) in [5.41, 5.74) is -3.71. The average Bonchev–Trinajstić information content (AvgIpc) is 3.90. The van der Waals surface area contributed by atoms with Gasteiger partial charge in [-0.1, -0.05) is 6.08 Å². The van der Waals surface area contributed by atoms with E-state index in [1.54, 1.807) is 0 Å². The molecule has 0 aliphatic carbocycles. The number of rotatable bonds is 20. The van der Waals surface area contributed by atoms with Crippen molar-refractivity contribution in [2.45, 2.75) is 96.9 Å². The third-order valence-electron chi connectivity index (χ3n) is 8.19. The number of allylic oxidation sites excluding steroid dienone is 1. The van der Waals surface area contributed by atoms with Crippen molar-refractivity contribution in [1.29, 1.82) is 0 Å². The second-order valence-corrected chi connectivity index (χ2v) is 15.3. The minimum absolute atomic E-state index is 0.0645. The molecule has 4 aliphatic heterocycles. The molecule has 4 atom stereocenters. The van der Waals surface area contributed by atoms with Crippen LogP contribution in [0.3, 0.4) is 0 Å². The number of epoxide rings is 4. The second-order valence-electron chi connectivity index (χ2n) is 12.1. The van der Waals surface area contributed by atoms with Gasteiger partial charge in [0.15, 0.2) is 0 Å². The van der Waals surface area contributed by atoms with Crippen LogP contribution in [0, 0.1) is 0 Å². The maximum absolute atomic E-state index is 12.9. The molecule has 4 unspecified atom stereocenters. The van der Waals surface area contributed by atoms with Gasteiger partial charge in [-0.3, -0.25) is 0 Å². The van der Waals surface area contributed by atoms with Gasteiger partial charge in [-0.05, 0) is 27.2 Å². The molecule has 0 saturated carbocycles. The molecule has 53 heavy (non-hydrogen) atoms. The zero-order valence-electron chi connectivity index (χ0n) is 29.8. The number of hydrogen-bond donors (Lipinski definition) is 0. The van der Waals surface area contributed by atoms with Gasteiger partial charge in [0.2, 0.25) is 0 Å². The standard InChI is InChI=1S/C18H31N3O8Si.C12H15N3O5.2O.Pt/c1-4-27-30(28-5-2,29-6-3)9-7-8-19-16(22)20(10-14-12-25-14)18(24)21(17(19)23)11-15-13-26-15;1-2-3-13-10(16)14(4-8-6-19-8)12(18)15(11(13)17)5-9-7-20-9;;;/h14-15H,4-13H2,1-3H3;2,8-9H,1,3-7H2;;;. The molecule has 0 amide bonds. The first kappa shape index (κ1) is 42.5. The Morgan fingerprint density at radius 2 is 0.887 bits per heavy atom. The molecule has 300 valence electrons. The van der Waals surface area contributed by atoms with Gasteiger partial charge in [0, 0.05) is 32.4 Å². The van der Waals surface area contributed by atoms with Crippen LogP contribution < -0.4 is 34.1 Å². The summed E-state index contributed by atoms with van der Waals surface area (Å²) >= 11 is -1.92. The monoisotopic (exact) mass is 953 g/mol. The van der Waals surface area contributed by atoms with Crippen LogP contribution in [0.1, 0.15) is 27.2 Å². The van der Waals surface area contributed by atoms with E-state index in [2.05, 4.69) is 6.58 Å². The van der Waals surface area contributed by atoms with Crippen LogP contribution in [0.4, 0.5) is 0 Å². The Hall–Kier alpha value is -3.21. The van der Waals surface area contributed by atoms with Gasteiger partial charge in [-0.25, -0.2) is 56.2 Å². The molecule has 4 aliphatic rings. The summed E-state index contributed by atoms with van der Waals surface area (Å²) in [5.74, 6) is 0. The van der Waals surface area contributed by atoms with Gasteiger partial charge in [0.25, 0.3) is 0 Å². The van der Waals surface area contributed by atoms with E-state index in [0.717, 1.165) is 27.4 Å². The molecule has 4 saturated heterocycles. The van der Waals surface area contributed by atoms with Gasteiger partial charge in [0.1, 0.15) is 0 Å². The molecule has 0 N–H and O–H groups in total. The van der Waals surface area contributed by atoms with Crippen LogP contribution in [0.2, 0.25) is 6.04 Å². The summed E-state index contributed by atoms with van der Waals surface area (Å²) in [4.78, 5) is 75.2. The van der Waals surface area contributed by atoms with Crippen molar-refractivity contribution in [3.63, 3.8) is 0 Å². The van der Waals surface area contributed by atoms with Gasteiger partial charge in [-0.2, -0.15) is 0 Å². The van der Waals surface area contributed by atoms with Crippen LogP contribution in [0.25, 0.3) is 0 Å². The van der Waals surface area contributed by atoms with E-state index in [4.69, 9.17) is 39.0 Å². The number of aromatic nitrogens is 6.